The molecule has 2 aliphatic heterocycles. The Bertz CT molecular complexity index is 210. The van der Waals surface area contributed by atoms with Gasteiger partial charge in [-0.15, -0.1) is 0 Å². The molecular formula is C13H26N2S. The predicted octanol–water partition coefficient (Wildman–Crippen LogP) is 2.30. The number of rotatable bonds is 1. The van der Waals surface area contributed by atoms with E-state index in [-0.39, 0.29) is 0 Å². The van der Waals surface area contributed by atoms with Crippen molar-refractivity contribution in [2.24, 2.45) is 0 Å². The molecule has 0 unspecified atom stereocenters. The molecule has 16 heavy (non-hydrogen) atoms. The molecule has 2 rings (SSSR count). The molecule has 2 saturated heterocycles. The Morgan fingerprint density at radius 1 is 0.938 bits per heavy atom. The number of likely N-dealkylation sites (tertiary alicyclic amines) is 1. The molecule has 0 amide bonds. The fourth-order valence-corrected chi connectivity index (χ4v) is 3.78. The van der Waals surface area contributed by atoms with Gasteiger partial charge in [0, 0.05) is 49.3 Å². The van der Waals surface area contributed by atoms with Crippen LogP contribution in [0.4, 0.5) is 0 Å². The van der Waals surface area contributed by atoms with Gasteiger partial charge in [-0.1, -0.05) is 0 Å². The summed E-state index contributed by atoms with van der Waals surface area (Å²) >= 11 is 2.12. The van der Waals surface area contributed by atoms with E-state index >= 15 is 0 Å². The molecule has 0 aromatic rings. The number of hydrogen-bond acceptors (Lipinski definition) is 3. The highest BCUT2D eigenvalue weighted by molar-refractivity contribution is 7.99. The Labute approximate surface area is 105 Å². The molecule has 0 saturated carbocycles. The van der Waals surface area contributed by atoms with E-state index in [9.17, 15) is 0 Å². The van der Waals surface area contributed by atoms with Gasteiger partial charge in [-0.3, -0.25) is 9.80 Å². The molecule has 0 aliphatic carbocycles. The highest BCUT2D eigenvalue weighted by Gasteiger charge is 2.29. The molecule has 2 fully saturated rings. The Hall–Kier alpha value is 0.270. The van der Waals surface area contributed by atoms with Crippen LogP contribution in [0, 0.1) is 0 Å². The average molecular weight is 242 g/mol. The molecule has 0 N–H and O–H groups in total. The first-order valence-corrected chi connectivity index (χ1v) is 7.80. The maximum Gasteiger partial charge on any atom is 0.0125 e. The fourth-order valence-electron chi connectivity index (χ4n) is 2.84. The smallest absolute Gasteiger partial charge is 0.0125 e. The van der Waals surface area contributed by atoms with Crippen LogP contribution in [0.5, 0.6) is 0 Å². The standard InChI is InChI=1S/C13H26N2S/c1-13(2,3)15-6-4-12(5-7-15)14-8-10-16-11-9-14/h12H,4-11H2,1-3H3. The van der Waals surface area contributed by atoms with Gasteiger partial charge in [0.15, 0.2) is 0 Å². The van der Waals surface area contributed by atoms with Crippen LogP contribution in [0.15, 0.2) is 0 Å². The van der Waals surface area contributed by atoms with Crippen molar-refractivity contribution >= 4 is 11.8 Å². The summed E-state index contributed by atoms with van der Waals surface area (Å²) in [6.07, 6.45) is 2.75. The Morgan fingerprint density at radius 3 is 2.00 bits per heavy atom. The van der Waals surface area contributed by atoms with Crippen molar-refractivity contribution in [3.63, 3.8) is 0 Å². The van der Waals surface area contributed by atoms with Crippen molar-refractivity contribution in [1.29, 1.82) is 0 Å². The summed E-state index contributed by atoms with van der Waals surface area (Å²) in [5.41, 5.74) is 0.364. The van der Waals surface area contributed by atoms with Crippen LogP contribution in [0.3, 0.4) is 0 Å². The molecule has 94 valence electrons. The van der Waals surface area contributed by atoms with Crippen LogP contribution in [-0.2, 0) is 0 Å². The number of thioether (sulfide) groups is 1. The summed E-state index contributed by atoms with van der Waals surface area (Å²) < 4.78 is 0. The van der Waals surface area contributed by atoms with Crippen molar-refractivity contribution in [1.82, 2.24) is 9.80 Å². The molecule has 0 radical (unpaired) electrons. The van der Waals surface area contributed by atoms with Gasteiger partial charge >= 0.3 is 0 Å². The van der Waals surface area contributed by atoms with E-state index in [1.54, 1.807) is 0 Å². The maximum atomic E-state index is 2.73. The van der Waals surface area contributed by atoms with Gasteiger partial charge in [0.2, 0.25) is 0 Å². The Balaban J connectivity index is 1.80. The average Bonchev–Trinajstić information content (AvgIpc) is 2.29. The number of piperidine rings is 1. The first-order valence-electron chi connectivity index (χ1n) is 6.64. The lowest BCUT2D eigenvalue weighted by Gasteiger charge is -2.44. The van der Waals surface area contributed by atoms with E-state index in [1.165, 1.54) is 50.5 Å². The Morgan fingerprint density at radius 2 is 1.50 bits per heavy atom. The van der Waals surface area contributed by atoms with Gasteiger partial charge in [0.05, 0.1) is 0 Å². The minimum atomic E-state index is 0.364. The quantitative estimate of drug-likeness (QED) is 0.697. The lowest BCUT2D eigenvalue weighted by molar-refractivity contribution is 0.0601. The van der Waals surface area contributed by atoms with Gasteiger partial charge in [-0.25, -0.2) is 0 Å². The monoisotopic (exact) mass is 242 g/mol. The van der Waals surface area contributed by atoms with Gasteiger partial charge in [-0.2, -0.15) is 11.8 Å². The van der Waals surface area contributed by atoms with Crippen molar-refractivity contribution in [3.8, 4) is 0 Å². The molecule has 0 spiro atoms. The van der Waals surface area contributed by atoms with E-state index < -0.39 is 0 Å². The zero-order valence-corrected chi connectivity index (χ0v) is 11.9. The topological polar surface area (TPSA) is 6.48 Å². The van der Waals surface area contributed by atoms with Gasteiger partial charge in [0.1, 0.15) is 0 Å². The zero-order valence-electron chi connectivity index (χ0n) is 11.0. The normalized spacial score (nSPS) is 27.2. The van der Waals surface area contributed by atoms with Crippen LogP contribution in [0.2, 0.25) is 0 Å². The first-order chi connectivity index (χ1) is 7.57. The predicted molar refractivity (Wildman–Crippen MR) is 73.2 cm³/mol. The van der Waals surface area contributed by atoms with Crippen LogP contribution in [0.1, 0.15) is 33.6 Å². The first kappa shape index (κ1) is 12.7. The van der Waals surface area contributed by atoms with Crippen molar-refractivity contribution in [2.75, 3.05) is 37.7 Å². The molecule has 2 aliphatic rings. The molecular weight excluding hydrogens is 216 g/mol. The molecule has 0 atom stereocenters. The SMILES string of the molecule is CC(C)(C)N1CCC(N2CCSCC2)CC1. The third-order valence-electron chi connectivity index (χ3n) is 3.98. The summed E-state index contributed by atoms with van der Waals surface area (Å²) in [6.45, 7) is 12.2. The van der Waals surface area contributed by atoms with E-state index in [4.69, 9.17) is 0 Å². The molecule has 2 nitrogen and oxygen atoms in total. The van der Waals surface area contributed by atoms with E-state index in [2.05, 4.69) is 42.3 Å². The second kappa shape index (κ2) is 5.28. The van der Waals surface area contributed by atoms with Crippen molar-refractivity contribution in [3.05, 3.63) is 0 Å². The molecule has 0 aromatic carbocycles. The molecule has 0 aromatic heterocycles. The largest absolute Gasteiger partial charge is 0.299 e. The van der Waals surface area contributed by atoms with Gasteiger partial charge < -0.3 is 0 Å². The van der Waals surface area contributed by atoms with E-state index in [1.807, 2.05) is 0 Å². The maximum absolute atomic E-state index is 2.73. The highest BCUT2D eigenvalue weighted by atomic mass is 32.2. The van der Waals surface area contributed by atoms with Crippen molar-refractivity contribution in [2.45, 2.75) is 45.2 Å². The third-order valence-corrected chi connectivity index (χ3v) is 4.92. The summed E-state index contributed by atoms with van der Waals surface area (Å²) in [4.78, 5) is 5.37. The van der Waals surface area contributed by atoms with Crippen molar-refractivity contribution < 1.29 is 0 Å². The minimum Gasteiger partial charge on any atom is -0.299 e. The molecule has 2 heterocycles. The van der Waals surface area contributed by atoms with E-state index in [0.717, 1.165) is 6.04 Å². The van der Waals surface area contributed by atoms with Crippen LogP contribution < -0.4 is 0 Å². The fraction of sp³-hybridized carbons (Fsp3) is 1.00. The van der Waals surface area contributed by atoms with Crippen LogP contribution >= 0.6 is 11.8 Å². The molecule has 0 bridgehead atoms. The second-order valence-electron chi connectivity index (χ2n) is 6.04. The number of hydrogen-bond donors (Lipinski definition) is 0. The van der Waals surface area contributed by atoms with Crippen LogP contribution in [0.25, 0.3) is 0 Å². The lowest BCUT2D eigenvalue weighted by atomic mass is 9.97. The van der Waals surface area contributed by atoms with Gasteiger partial charge in [-0.05, 0) is 33.6 Å². The summed E-state index contributed by atoms with van der Waals surface area (Å²) in [5, 5.41) is 0. The second-order valence-corrected chi connectivity index (χ2v) is 7.26. The summed E-state index contributed by atoms with van der Waals surface area (Å²) in [6, 6.07) is 0.875. The Kier molecular flexibility index (Phi) is 4.20. The lowest BCUT2D eigenvalue weighted by Crippen LogP contribution is -2.52. The summed E-state index contributed by atoms with van der Waals surface area (Å²) in [5.74, 6) is 2.69. The minimum absolute atomic E-state index is 0.364. The summed E-state index contributed by atoms with van der Waals surface area (Å²) in [7, 11) is 0. The van der Waals surface area contributed by atoms with Gasteiger partial charge in [0.25, 0.3) is 0 Å². The molecule has 3 heteroatoms. The van der Waals surface area contributed by atoms with E-state index in [0.29, 0.717) is 5.54 Å². The zero-order chi connectivity index (χ0) is 11.6. The highest BCUT2D eigenvalue weighted by Crippen LogP contribution is 2.24. The third kappa shape index (κ3) is 3.14. The van der Waals surface area contributed by atoms with Crippen LogP contribution in [-0.4, -0.2) is 59.1 Å². The number of nitrogens with zero attached hydrogens (tertiary/aromatic N) is 2.